The summed E-state index contributed by atoms with van der Waals surface area (Å²) < 4.78 is 7.54. The lowest BCUT2D eigenvalue weighted by atomic mass is 9.82. The second-order valence-corrected chi connectivity index (χ2v) is 6.50. The summed E-state index contributed by atoms with van der Waals surface area (Å²) >= 11 is 0. The summed E-state index contributed by atoms with van der Waals surface area (Å²) in [6, 6.07) is 9.60. The molecule has 0 bridgehead atoms. The first kappa shape index (κ1) is 15.2. The lowest BCUT2D eigenvalue weighted by Gasteiger charge is -2.33. The van der Waals surface area contributed by atoms with Gasteiger partial charge < -0.3 is 15.4 Å². The molecular weight excluding hydrogens is 304 g/mol. The molecule has 2 amide bonds. The van der Waals surface area contributed by atoms with Crippen LogP contribution >= 0.6 is 0 Å². The molecule has 1 saturated heterocycles. The molecule has 126 valence electrons. The maximum absolute atomic E-state index is 12.3. The van der Waals surface area contributed by atoms with Gasteiger partial charge in [0.2, 0.25) is 0 Å². The topological polar surface area (TPSA) is 68.2 Å². The second-order valence-electron chi connectivity index (χ2n) is 6.50. The Balaban J connectivity index is 1.36. The number of ether oxygens (including phenoxy) is 1. The van der Waals surface area contributed by atoms with Crippen LogP contribution in [0.4, 0.5) is 10.5 Å². The van der Waals surface area contributed by atoms with Gasteiger partial charge in [-0.2, -0.15) is 5.10 Å². The molecule has 0 unspecified atom stereocenters. The van der Waals surface area contributed by atoms with Crippen LogP contribution in [-0.4, -0.2) is 34.6 Å². The molecular formula is C18H22N4O2. The predicted molar refractivity (Wildman–Crippen MR) is 91.2 cm³/mol. The van der Waals surface area contributed by atoms with Crippen molar-refractivity contribution >= 4 is 11.7 Å². The fourth-order valence-electron chi connectivity index (χ4n) is 3.81. The minimum absolute atomic E-state index is 0.139. The number of hydrogen-bond acceptors (Lipinski definition) is 3. The van der Waals surface area contributed by atoms with Crippen molar-refractivity contribution in [1.29, 1.82) is 0 Å². The van der Waals surface area contributed by atoms with E-state index in [1.165, 1.54) is 0 Å². The molecule has 0 radical (unpaired) electrons. The van der Waals surface area contributed by atoms with Gasteiger partial charge in [0, 0.05) is 36.6 Å². The zero-order valence-electron chi connectivity index (χ0n) is 13.5. The minimum atomic E-state index is -0.139. The van der Waals surface area contributed by atoms with Gasteiger partial charge in [-0.15, -0.1) is 0 Å². The average Bonchev–Trinajstić information content (AvgIpc) is 3.27. The third-order valence-corrected chi connectivity index (χ3v) is 4.99. The molecule has 6 heteroatoms. The lowest BCUT2D eigenvalue weighted by Crippen LogP contribution is -2.47. The standard InChI is InChI=1S/C18H22N4O2/c23-18(21-16-3-1-4-17-15(16)9-12-24-17)20-13-5-7-14(8-6-13)22-11-2-10-19-22/h2,5-8,10-11,15-17H,1,3-4,9,12H2,(H2,20,21,23)/t15-,16-,17-/m1/s1. The van der Waals surface area contributed by atoms with Crippen molar-refractivity contribution in [3.05, 3.63) is 42.7 Å². The van der Waals surface area contributed by atoms with Crippen molar-refractivity contribution < 1.29 is 9.53 Å². The van der Waals surface area contributed by atoms with Crippen LogP contribution in [0, 0.1) is 5.92 Å². The molecule has 24 heavy (non-hydrogen) atoms. The minimum Gasteiger partial charge on any atom is -0.378 e. The SMILES string of the molecule is O=C(Nc1ccc(-n2cccn2)cc1)N[C@@H]1CCC[C@H]2OCC[C@H]12. The van der Waals surface area contributed by atoms with Crippen LogP contribution in [0.25, 0.3) is 5.69 Å². The zero-order valence-corrected chi connectivity index (χ0v) is 13.5. The van der Waals surface area contributed by atoms with Crippen molar-refractivity contribution in [3.8, 4) is 5.69 Å². The van der Waals surface area contributed by atoms with Crippen LogP contribution in [0.15, 0.2) is 42.7 Å². The highest BCUT2D eigenvalue weighted by Gasteiger charge is 2.38. The summed E-state index contributed by atoms with van der Waals surface area (Å²) in [7, 11) is 0. The molecule has 4 rings (SSSR count). The molecule has 2 N–H and O–H groups in total. The number of nitrogens with one attached hydrogen (secondary N) is 2. The van der Waals surface area contributed by atoms with Gasteiger partial charge in [-0.1, -0.05) is 0 Å². The normalized spacial score (nSPS) is 25.9. The Morgan fingerprint density at radius 1 is 1.21 bits per heavy atom. The van der Waals surface area contributed by atoms with Crippen molar-refractivity contribution in [2.24, 2.45) is 5.92 Å². The third-order valence-electron chi connectivity index (χ3n) is 4.99. The van der Waals surface area contributed by atoms with Gasteiger partial charge >= 0.3 is 6.03 Å². The van der Waals surface area contributed by atoms with E-state index in [9.17, 15) is 4.79 Å². The van der Waals surface area contributed by atoms with Gasteiger partial charge in [0.05, 0.1) is 11.8 Å². The van der Waals surface area contributed by atoms with Crippen LogP contribution < -0.4 is 10.6 Å². The number of nitrogens with zero attached hydrogens (tertiary/aromatic N) is 2. The first-order chi connectivity index (χ1) is 11.8. The Morgan fingerprint density at radius 3 is 2.88 bits per heavy atom. The molecule has 2 fully saturated rings. The van der Waals surface area contributed by atoms with Crippen LogP contribution in [0.3, 0.4) is 0 Å². The van der Waals surface area contributed by atoms with Crippen LogP contribution in [0.2, 0.25) is 0 Å². The molecule has 6 nitrogen and oxygen atoms in total. The van der Waals surface area contributed by atoms with Gasteiger partial charge in [0.15, 0.2) is 0 Å². The molecule has 2 aromatic rings. The second kappa shape index (κ2) is 6.65. The van der Waals surface area contributed by atoms with E-state index in [0.29, 0.717) is 12.0 Å². The average molecular weight is 326 g/mol. The van der Waals surface area contributed by atoms with Crippen molar-refractivity contribution in [2.75, 3.05) is 11.9 Å². The number of carbonyl (C=O) groups is 1. The number of fused-ring (bicyclic) bond motifs is 1. The highest BCUT2D eigenvalue weighted by atomic mass is 16.5. The molecule has 1 aliphatic heterocycles. The smallest absolute Gasteiger partial charge is 0.319 e. The lowest BCUT2D eigenvalue weighted by molar-refractivity contribution is 0.0553. The highest BCUT2D eigenvalue weighted by molar-refractivity contribution is 5.89. The Kier molecular flexibility index (Phi) is 4.21. The summed E-state index contributed by atoms with van der Waals surface area (Å²) in [6.45, 7) is 0.823. The van der Waals surface area contributed by atoms with E-state index in [1.54, 1.807) is 10.9 Å². The Labute approximate surface area is 141 Å². The van der Waals surface area contributed by atoms with Gasteiger partial charge in [-0.05, 0) is 56.0 Å². The quantitative estimate of drug-likeness (QED) is 0.911. The largest absolute Gasteiger partial charge is 0.378 e. The van der Waals surface area contributed by atoms with E-state index in [4.69, 9.17) is 4.74 Å². The number of rotatable bonds is 3. The number of benzene rings is 1. The van der Waals surface area contributed by atoms with Crippen molar-refractivity contribution in [3.63, 3.8) is 0 Å². The van der Waals surface area contributed by atoms with E-state index in [0.717, 1.165) is 43.7 Å². The first-order valence-corrected chi connectivity index (χ1v) is 8.59. The van der Waals surface area contributed by atoms with Gasteiger partial charge in [-0.25, -0.2) is 9.48 Å². The molecule has 0 spiro atoms. The third kappa shape index (κ3) is 3.14. The van der Waals surface area contributed by atoms with Crippen LogP contribution in [-0.2, 0) is 4.74 Å². The number of hydrogen-bond donors (Lipinski definition) is 2. The summed E-state index contributed by atoms with van der Waals surface area (Å²) in [5.74, 6) is 0.465. The van der Waals surface area contributed by atoms with Crippen molar-refractivity contribution in [2.45, 2.75) is 37.8 Å². The Hall–Kier alpha value is -2.34. The molecule has 1 aliphatic carbocycles. The Morgan fingerprint density at radius 2 is 2.08 bits per heavy atom. The molecule has 2 aliphatic rings. The number of carbonyl (C=O) groups excluding carboxylic acids is 1. The van der Waals surface area contributed by atoms with E-state index < -0.39 is 0 Å². The summed E-state index contributed by atoms with van der Waals surface area (Å²) in [6.07, 6.45) is 8.29. The molecule has 1 aromatic carbocycles. The van der Waals surface area contributed by atoms with E-state index in [1.807, 2.05) is 36.5 Å². The van der Waals surface area contributed by atoms with Gasteiger partial charge in [-0.3, -0.25) is 0 Å². The molecule has 2 heterocycles. The van der Waals surface area contributed by atoms with E-state index in [2.05, 4.69) is 15.7 Å². The number of amides is 2. The van der Waals surface area contributed by atoms with E-state index in [-0.39, 0.29) is 12.1 Å². The predicted octanol–water partition coefficient (Wildman–Crippen LogP) is 2.95. The maximum atomic E-state index is 12.3. The number of aromatic nitrogens is 2. The monoisotopic (exact) mass is 326 g/mol. The van der Waals surface area contributed by atoms with Crippen LogP contribution in [0.5, 0.6) is 0 Å². The van der Waals surface area contributed by atoms with Gasteiger partial charge in [0.25, 0.3) is 0 Å². The first-order valence-electron chi connectivity index (χ1n) is 8.59. The maximum Gasteiger partial charge on any atom is 0.319 e. The fourth-order valence-corrected chi connectivity index (χ4v) is 3.81. The Bertz CT molecular complexity index is 684. The van der Waals surface area contributed by atoms with Crippen molar-refractivity contribution in [1.82, 2.24) is 15.1 Å². The number of urea groups is 1. The molecule has 1 aromatic heterocycles. The number of anilines is 1. The highest BCUT2D eigenvalue weighted by Crippen LogP contribution is 2.34. The van der Waals surface area contributed by atoms with Gasteiger partial charge in [0.1, 0.15) is 0 Å². The summed E-state index contributed by atoms with van der Waals surface area (Å²) in [5.41, 5.74) is 1.74. The summed E-state index contributed by atoms with van der Waals surface area (Å²) in [5, 5.41) is 10.2. The zero-order chi connectivity index (χ0) is 16.4. The molecule has 1 saturated carbocycles. The summed E-state index contributed by atoms with van der Waals surface area (Å²) in [4.78, 5) is 12.3. The van der Waals surface area contributed by atoms with Crippen LogP contribution in [0.1, 0.15) is 25.7 Å². The molecule has 3 atom stereocenters. The van der Waals surface area contributed by atoms with E-state index >= 15 is 0 Å². The fraction of sp³-hybridized carbons (Fsp3) is 0.444.